The van der Waals surface area contributed by atoms with E-state index in [-0.39, 0.29) is 12.0 Å². The molecule has 1 heterocycles. The van der Waals surface area contributed by atoms with Gasteiger partial charge in [0.2, 0.25) is 0 Å². The molecule has 0 unspecified atom stereocenters. The molecule has 1 aliphatic rings. The summed E-state index contributed by atoms with van der Waals surface area (Å²) in [7, 11) is 2.12. The number of nitrogens with zero attached hydrogens (tertiary/aromatic N) is 1. The highest BCUT2D eigenvalue weighted by Gasteiger charge is 2.23. The minimum atomic E-state index is -0.0126. The molecule has 0 amide bonds. The minimum absolute atomic E-state index is 0.0126. The van der Waals surface area contributed by atoms with Gasteiger partial charge in [0, 0.05) is 18.5 Å². The summed E-state index contributed by atoms with van der Waals surface area (Å²) in [5.41, 5.74) is 1.39. The molecule has 1 rings (SSSR count). The van der Waals surface area contributed by atoms with Crippen molar-refractivity contribution in [2.45, 2.75) is 20.3 Å². The van der Waals surface area contributed by atoms with E-state index in [0.29, 0.717) is 0 Å². The summed E-state index contributed by atoms with van der Waals surface area (Å²) in [6.07, 6.45) is 3.35. The fourth-order valence-electron chi connectivity index (χ4n) is 1.49. The van der Waals surface area contributed by atoms with Gasteiger partial charge >= 0.3 is 0 Å². The van der Waals surface area contributed by atoms with Gasteiger partial charge < -0.3 is 10.0 Å². The zero-order valence-electron chi connectivity index (χ0n) is 8.30. The van der Waals surface area contributed by atoms with Crippen LogP contribution in [0.2, 0.25) is 0 Å². The second kappa shape index (κ2) is 3.58. The molecule has 0 radical (unpaired) electrons. The predicted octanol–water partition coefficient (Wildman–Crippen LogP) is 1.27. The predicted molar refractivity (Wildman–Crippen MR) is 51.1 cm³/mol. The molecule has 12 heavy (non-hydrogen) atoms. The maximum Gasteiger partial charge on any atom is 0.0519 e. The van der Waals surface area contributed by atoms with Crippen LogP contribution in [0.25, 0.3) is 0 Å². The van der Waals surface area contributed by atoms with Crippen LogP contribution in [0.1, 0.15) is 20.3 Å². The Morgan fingerprint density at radius 2 is 2.25 bits per heavy atom. The first-order valence-corrected chi connectivity index (χ1v) is 4.55. The quantitative estimate of drug-likeness (QED) is 0.629. The molecular weight excluding hydrogens is 150 g/mol. The third-order valence-electron chi connectivity index (χ3n) is 2.68. The average Bonchev–Trinajstić information content (AvgIpc) is 2.05. The van der Waals surface area contributed by atoms with E-state index in [1.165, 1.54) is 5.57 Å². The van der Waals surface area contributed by atoms with Crippen LogP contribution in [0, 0.1) is 5.41 Å². The highest BCUT2D eigenvalue weighted by molar-refractivity contribution is 5.15. The maximum atomic E-state index is 9.16. The molecule has 0 saturated carbocycles. The Bertz CT molecular complexity index is 184. The molecule has 0 fully saturated rings. The fourth-order valence-corrected chi connectivity index (χ4v) is 1.49. The summed E-state index contributed by atoms with van der Waals surface area (Å²) in [6.45, 7) is 6.60. The lowest BCUT2D eigenvalue weighted by atomic mass is 9.82. The SMILES string of the molecule is CN1CC=C(C(C)(C)CO)CC1. The van der Waals surface area contributed by atoms with Crippen molar-refractivity contribution in [2.75, 3.05) is 26.7 Å². The van der Waals surface area contributed by atoms with E-state index in [1.54, 1.807) is 0 Å². The van der Waals surface area contributed by atoms with Crippen LogP contribution < -0.4 is 0 Å². The van der Waals surface area contributed by atoms with Crippen molar-refractivity contribution in [1.82, 2.24) is 4.90 Å². The monoisotopic (exact) mass is 169 g/mol. The summed E-state index contributed by atoms with van der Waals surface area (Å²) in [5, 5.41) is 9.16. The average molecular weight is 169 g/mol. The van der Waals surface area contributed by atoms with Crippen LogP contribution in [0.15, 0.2) is 11.6 Å². The lowest BCUT2D eigenvalue weighted by Gasteiger charge is -2.31. The number of aliphatic hydroxyl groups excluding tert-OH is 1. The van der Waals surface area contributed by atoms with Crippen molar-refractivity contribution in [2.24, 2.45) is 5.41 Å². The molecule has 0 spiro atoms. The normalized spacial score (nSPS) is 20.8. The van der Waals surface area contributed by atoms with Gasteiger partial charge in [-0.05, 0) is 13.5 Å². The Kier molecular flexibility index (Phi) is 2.91. The summed E-state index contributed by atoms with van der Waals surface area (Å²) >= 11 is 0. The first-order valence-electron chi connectivity index (χ1n) is 4.55. The third-order valence-corrected chi connectivity index (χ3v) is 2.68. The highest BCUT2D eigenvalue weighted by atomic mass is 16.3. The summed E-state index contributed by atoms with van der Waals surface area (Å²) in [5.74, 6) is 0. The Labute approximate surface area is 74.9 Å². The zero-order valence-corrected chi connectivity index (χ0v) is 8.30. The van der Waals surface area contributed by atoms with Crippen molar-refractivity contribution >= 4 is 0 Å². The number of hydrogen-bond donors (Lipinski definition) is 1. The van der Waals surface area contributed by atoms with Gasteiger partial charge in [-0.1, -0.05) is 25.5 Å². The Hall–Kier alpha value is -0.340. The first-order chi connectivity index (χ1) is 5.56. The standard InChI is InChI=1S/C10H19NO/c1-10(2,8-12)9-4-6-11(3)7-5-9/h4,12H,5-8H2,1-3H3. The van der Waals surface area contributed by atoms with Crippen LogP contribution in [0.5, 0.6) is 0 Å². The van der Waals surface area contributed by atoms with Crippen molar-refractivity contribution < 1.29 is 5.11 Å². The molecule has 70 valence electrons. The van der Waals surface area contributed by atoms with Crippen molar-refractivity contribution in [3.8, 4) is 0 Å². The molecule has 2 nitrogen and oxygen atoms in total. The van der Waals surface area contributed by atoms with E-state index in [9.17, 15) is 0 Å². The van der Waals surface area contributed by atoms with E-state index < -0.39 is 0 Å². The molecule has 1 aliphatic heterocycles. The third kappa shape index (κ3) is 2.08. The van der Waals surface area contributed by atoms with E-state index in [0.717, 1.165) is 19.5 Å². The zero-order chi connectivity index (χ0) is 9.19. The largest absolute Gasteiger partial charge is 0.395 e. The molecule has 0 atom stereocenters. The van der Waals surface area contributed by atoms with Gasteiger partial charge in [-0.3, -0.25) is 0 Å². The molecular formula is C10H19NO. The topological polar surface area (TPSA) is 23.5 Å². The molecule has 0 aromatic heterocycles. The lowest BCUT2D eigenvalue weighted by molar-refractivity contribution is 0.180. The Balaban J connectivity index is 2.64. The molecule has 0 saturated heterocycles. The van der Waals surface area contributed by atoms with Gasteiger partial charge in [0.25, 0.3) is 0 Å². The molecule has 0 aromatic carbocycles. The van der Waals surface area contributed by atoms with E-state index in [1.807, 2.05) is 0 Å². The minimum Gasteiger partial charge on any atom is -0.395 e. The van der Waals surface area contributed by atoms with Crippen molar-refractivity contribution in [3.63, 3.8) is 0 Å². The van der Waals surface area contributed by atoms with Crippen LogP contribution in [-0.2, 0) is 0 Å². The summed E-state index contributed by atoms with van der Waals surface area (Å²) in [4.78, 5) is 2.29. The smallest absolute Gasteiger partial charge is 0.0519 e. The first kappa shape index (κ1) is 9.75. The molecule has 2 heteroatoms. The van der Waals surface area contributed by atoms with Crippen LogP contribution in [0.4, 0.5) is 0 Å². The molecule has 0 aromatic rings. The van der Waals surface area contributed by atoms with Gasteiger partial charge in [0.15, 0.2) is 0 Å². The van der Waals surface area contributed by atoms with Crippen LogP contribution in [-0.4, -0.2) is 36.8 Å². The van der Waals surface area contributed by atoms with E-state index >= 15 is 0 Å². The number of aliphatic hydroxyl groups is 1. The van der Waals surface area contributed by atoms with Crippen LogP contribution in [0.3, 0.4) is 0 Å². The second-order valence-electron chi connectivity index (χ2n) is 4.28. The van der Waals surface area contributed by atoms with Gasteiger partial charge in [-0.25, -0.2) is 0 Å². The van der Waals surface area contributed by atoms with E-state index in [4.69, 9.17) is 5.11 Å². The van der Waals surface area contributed by atoms with E-state index in [2.05, 4.69) is 31.9 Å². The second-order valence-corrected chi connectivity index (χ2v) is 4.28. The number of hydrogen-bond acceptors (Lipinski definition) is 2. The van der Waals surface area contributed by atoms with Crippen LogP contribution >= 0.6 is 0 Å². The fraction of sp³-hybridized carbons (Fsp3) is 0.800. The highest BCUT2D eigenvalue weighted by Crippen LogP contribution is 2.29. The summed E-state index contributed by atoms with van der Waals surface area (Å²) in [6, 6.07) is 0. The Morgan fingerprint density at radius 1 is 1.58 bits per heavy atom. The summed E-state index contributed by atoms with van der Waals surface area (Å²) < 4.78 is 0. The maximum absolute atomic E-state index is 9.16. The lowest BCUT2D eigenvalue weighted by Crippen LogP contribution is -2.30. The number of rotatable bonds is 2. The Morgan fingerprint density at radius 3 is 2.67 bits per heavy atom. The van der Waals surface area contributed by atoms with Crippen molar-refractivity contribution in [1.29, 1.82) is 0 Å². The van der Waals surface area contributed by atoms with Gasteiger partial charge in [0.1, 0.15) is 0 Å². The van der Waals surface area contributed by atoms with Gasteiger partial charge in [-0.2, -0.15) is 0 Å². The van der Waals surface area contributed by atoms with Gasteiger partial charge in [0.05, 0.1) is 6.61 Å². The van der Waals surface area contributed by atoms with Crippen molar-refractivity contribution in [3.05, 3.63) is 11.6 Å². The molecule has 0 aliphatic carbocycles. The molecule has 1 N–H and O–H groups in total. The molecule has 0 bridgehead atoms. The number of likely N-dealkylation sites (N-methyl/N-ethyl adjacent to an activating group) is 1. The van der Waals surface area contributed by atoms with Gasteiger partial charge in [-0.15, -0.1) is 0 Å².